The number of hydrogen-bond acceptors (Lipinski definition) is 5. The number of hydrogen-bond donors (Lipinski definition) is 1. The molecule has 1 N–H and O–H groups in total. The summed E-state index contributed by atoms with van der Waals surface area (Å²) in [5.41, 5.74) is -0.496. The van der Waals surface area contributed by atoms with Crippen LogP contribution in [-0.4, -0.2) is 50.9 Å². The molecule has 1 aromatic heterocycles. The quantitative estimate of drug-likeness (QED) is 0.857. The number of aromatic nitrogens is 2. The smallest absolute Gasteiger partial charge is 0.410 e. The average molecular weight is 378 g/mol. The predicted molar refractivity (Wildman–Crippen MR) is 94.7 cm³/mol. The van der Waals surface area contributed by atoms with E-state index in [2.05, 4.69) is 9.97 Å². The van der Waals surface area contributed by atoms with Crippen molar-refractivity contribution in [3.05, 3.63) is 23.2 Å². The van der Waals surface area contributed by atoms with Crippen LogP contribution in [-0.2, 0) is 4.74 Å². The Morgan fingerprint density at radius 2 is 1.92 bits per heavy atom. The molecular weight excluding hydrogens is 354 g/mol. The molecule has 5 fully saturated rings. The van der Waals surface area contributed by atoms with E-state index in [4.69, 9.17) is 16.3 Å². The summed E-state index contributed by atoms with van der Waals surface area (Å²) < 4.78 is 5.97. The molecule has 140 valence electrons. The lowest BCUT2D eigenvalue weighted by Crippen LogP contribution is -2.58. The van der Waals surface area contributed by atoms with Gasteiger partial charge in [-0.1, -0.05) is 11.6 Å². The first-order valence-electron chi connectivity index (χ1n) is 9.64. The minimum atomic E-state index is -0.496. The van der Waals surface area contributed by atoms with Crippen LogP contribution in [0.1, 0.15) is 50.3 Å². The van der Waals surface area contributed by atoms with Crippen LogP contribution in [0.25, 0.3) is 0 Å². The summed E-state index contributed by atoms with van der Waals surface area (Å²) in [6, 6.07) is 0. The highest BCUT2D eigenvalue weighted by Crippen LogP contribution is 2.56. The zero-order valence-corrected chi connectivity index (χ0v) is 15.4. The second kappa shape index (κ2) is 6.06. The third-order valence-corrected chi connectivity index (χ3v) is 7.04. The monoisotopic (exact) mass is 377 g/mol. The van der Waals surface area contributed by atoms with E-state index >= 15 is 0 Å². The van der Waals surface area contributed by atoms with Gasteiger partial charge in [0.15, 0.2) is 0 Å². The number of aliphatic hydroxyl groups is 1. The van der Waals surface area contributed by atoms with Crippen LogP contribution >= 0.6 is 11.6 Å². The number of nitrogens with zero attached hydrogens (tertiary/aromatic N) is 3. The molecule has 1 saturated heterocycles. The van der Waals surface area contributed by atoms with Crippen molar-refractivity contribution in [2.24, 2.45) is 17.8 Å². The van der Waals surface area contributed by atoms with Gasteiger partial charge in [-0.15, -0.1) is 0 Å². The standard InChI is InChI=1S/C19H24ClN3O3/c20-15-8-21-17(22-9-15)12-1-2-23(10-12)18(24)26-16-13-3-11-4-14(16)7-19(25,5-11)6-13/h8-9,11-14,16,25H,1-7,10H2/t11?,12?,13-,14?,16?,19+/m1/s1. The molecule has 4 bridgehead atoms. The van der Waals surface area contributed by atoms with E-state index < -0.39 is 5.60 Å². The van der Waals surface area contributed by atoms with Crippen LogP contribution in [0, 0.1) is 17.8 Å². The third kappa shape index (κ3) is 2.87. The van der Waals surface area contributed by atoms with E-state index in [9.17, 15) is 9.90 Å². The molecule has 6 rings (SSSR count). The number of carbonyl (C=O) groups is 1. The lowest BCUT2D eigenvalue weighted by atomic mass is 9.53. The number of carbonyl (C=O) groups excluding carboxylic acids is 1. The van der Waals surface area contributed by atoms with Crippen LogP contribution in [0.2, 0.25) is 5.02 Å². The van der Waals surface area contributed by atoms with E-state index in [1.54, 1.807) is 17.3 Å². The van der Waals surface area contributed by atoms with Gasteiger partial charge >= 0.3 is 6.09 Å². The molecule has 4 aliphatic carbocycles. The molecule has 5 aliphatic rings. The molecule has 1 aromatic rings. The first-order chi connectivity index (χ1) is 12.5. The number of rotatable bonds is 2. The van der Waals surface area contributed by atoms with Crippen molar-refractivity contribution in [3.63, 3.8) is 0 Å². The maximum absolute atomic E-state index is 12.7. The summed E-state index contributed by atoms with van der Waals surface area (Å²) in [4.78, 5) is 23.1. The van der Waals surface area contributed by atoms with Crippen LogP contribution in [0.3, 0.4) is 0 Å². The summed E-state index contributed by atoms with van der Waals surface area (Å²) in [5.74, 6) is 2.15. The highest BCUT2D eigenvalue weighted by atomic mass is 35.5. The van der Waals surface area contributed by atoms with E-state index in [0.717, 1.165) is 44.3 Å². The van der Waals surface area contributed by atoms with Gasteiger partial charge in [-0.2, -0.15) is 0 Å². The van der Waals surface area contributed by atoms with Gasteiger partial charge < -0.3 is 14.7 Å². The molecule has 7 heteroatoms. The summed E-state index contributed by atoms with van der Waals surface area (Å²) in [6.07, 6.45) is 8.52. The highest BCUT2D eigenvalue weighted by Gasteiger charge is 2.56. The van der Waals surface area contributed by atoms with Gasteiger partial charge in [-0.05, 0) is 56.3 Å². The molecule has 4 saturated carbocycles. The van der Waals surface area contributed by atoms with Crippen LogP contribution in [0.15, 0.2) is 12.4 Å². The molecule has 0 aromatic carbocycles. The Hall–Kier alpha value is -1.40. The van der Waals surface area contributed by atoms with Gasteiger partial charge in [-0.25, -0.2) is 14.8 Å². The van der Waals surface area contributed by atoms with Crippen LogP contribution in [0.4, 0.5) is 4.79 Å². The predicted octanol–water partition coefficient (Wildman–Crippen LogP) is 3.00. The van der Waals surface area contributed by atoms with Gasteiger partial charge in [0.2, 0.25) is 0 Å². The fraction of sp³-hybridized carbons (Fsp3) is 0.737. The lowest BCUT2D eigenvalue weighted by molar-refractivity contribution is -0.177. The van der Waals surface area contributed by atoms with Gasteiger partial charge in [0.1, 0.15) is 11.9 Å². The highest BCUT2D eigenvalue weighted by molar-refractivity contribution is 6.30. The van der Waals surface area contributed by atoms with Crippen molar-refractivity contribution in [1.82, 2.24) is 14.9 Å². The largest absolute Gasteiger partial charge is 0.446 e. The summed E-state index contributed by atoms with van der Waals surface area (Å²) in [5, 5.41) is 11.2. The molecule has 2 heterocycles. The first kappa shape index (κ1) is 16.8. The summed E-state index contributed by atoms with van der Waals surface area (Å²) >= 11 is 5.85. The summed E-state index contributed by atoms with van der Waals surface area (Å²) in [6.45, 7) is 1.26. The minimum Gasteiger partial charge on any atom is -0.446 e. The fourth-order valence-electron chi connectivity index (χ4n) is 5.99. The van der Waals surface area contributed by atoms with Crippen molar-refractivity contribution < 1.29 is 14.6 Å². The maximum Gasteiger partial charge on any atom is 0.410 e. The van der Waals surface area contributed by atoms with E-state index in [1.807, 2.05) is 0 Å². The van der Waals surface area contributed by atoms with Crippen molar-refractivity contribution in [2.45, 2.75) is 56.1 Å². The zero-order valence-electron chi connectivity index (χ0n) is 14.7. The Morgan fingerprint density at radius 1 is 1.23 bits per heavy atom. The normalized spacial score (nSPS) is 40.8. The third-order valence-electron chi connectivity index (χ3n) is 6.84. The van der Waals surface area contributed by atoms with E-state index in [0.29, 0.717) is 35.9 Å². The number of ether oxygens (including phenoxy) is 1. The topological polar surface area (TPSA) is 75.6 Å². The molecule has 1 amide bonds. The second-order valence-electron chi connectivity index (χ2n) is 8.73. The first-order valence-corrected chi connectivity index (χ1v) is 10.0. The van der Waals surface area contributed by atoms with Crippen LogP contribution in [0.5, 0.6) is 0 Å². The van der Waals surface area contributed by atoms with Crippen LogP contribution < -0.4 is 0 Å². The van der Waals surface area contributed by atoms with Gasteiger partial charge in [0.05, 0.1) is 10.6 Å². The van der Waals surface area contributed by atoms with Gasteiger partial charge in [0.25, 0.3) is 0 Å². The van der Waals surface area contributed by atoms with E-state index in [1.165, 1.54) is 0 Å². The molecule has 26 heavy (non-hydrogen) atoms. The number of amides is 1. The fourth-order valence-corrected chi connectivity index (χ4v) is 6.09. The molecule has 6 atom stereocenters. The Kier molecular flexibility index (Phi) is 3.90. The minimum absolute atomic E-state index is 0.0230. The van der Waals surface area contributed by atoms with Crippen molar-refractivity contribution in [3.8, 4) is 0 Å². The van der Waals surface area contributed by atoms with Gasteiger partial charge in [-0.3, -0.25) is 0 Å². The Bertz CT molecular complexity index is 696. The van der Waals surface area contributed by atoms with E-state index in [-0.39, 0.29) is 18.1 Å². The Morgan fingerprint density at radius 3 is 2.58 bits per heavy atom. The second-order valence-corrected chi connectivity index (χ2v) is 9.17. The Balaban J connectivity index is 1.22. The molecule has 0 radical (unpaired) electrons. The SMILES string of the molecule is O=C(OC1C2CC3C[C@@H]1C[C@@](O)(C3)C2)N1CCC(c2ncc(Cl)cn2)C1. The maximum atomic E-state index is 12.7. The molecule has 0 spiro atoms. The zero-order chi connectivity index (χ0) is 17.9. The molecule has 1 aliphatic heterocycles. The number of halogens is 1. The lowest BCUT2D eigenvalue weighted by Gasteiger charge is -2.57. The number of likely N-dealkylation sites (tertiary alicyclic amines) is 1. The van der Waals surface area contributed by atoms with Crippen molar-refractivity contribution in [2.75, 3.05) is 13.1 Å². The van der Waals surface area contributed by atoms with Crippen molar-refractivity contribution >= 4 is 17.7 Å². The average Bonchev–Trinajstić information content (AvgIpc) is 3.07. The van der Waals surface area contributed by atoms with Gasteiger partial charge in [0, 0.05) is 31.4 Å². The molecule has 4 unspecified atom stereocenters. The Labute approximate surface area is 157 Å². The van der Waals surface area contributed by atoms with Crippen molar-refractivity contribution in [1.29, 1.82) is 0 Å². The summed E-state index contributed by atoms with van der Waals surface area (Å²) in [7, 11) is 0. The molecule has 6 nitrogen and oxygen atoms in total. The molecular formula is C19H24ClN3O3.